The van der Waals surface area contributed by atoms with E-state index in [2.05, 4.69) is 16.9 Å². The Morgan fingerprint density at radius 1 is 1.38 bits per heavy atom. The van der Waals surface area contributed by atoms with Crippen LogP contribution in [-0.2, 0) is 0 Å². The van der Waals surface area contributed by atoms with Gasteiger partial charge >= 0.3 is 0 Å². The summed E-state index contributed by atoms with van der Waals surface area (Å²) in [5.74, 6) is -0.170. The standard InChI is InChI=1S/C13H12N2O/c1-2-8-15-13(16)12-11-6-4-3-5-10(11)7-9-14-12/h2-7,9H,1,8H2,(H,15,16). The van der Waals surface area contributed by atoms with Gasteiger partial charge in [0.1, 0.15) is 5.69 Å². The second-order valence-electron chi connectivity index (χ2n) is 3.38. The van der Waals surface area contributed by atoms with Crippen LogP contribution in [0.3, 0.4) is 0 Å². The minimum absolute atomic E-state index is 0.170. The molecule has 2 aromatic rings. The van der Waals surface area contributed by atoms with Crippen molar-refractivity contribution in [1.29, 1.82) is 0 Å². The fraction of sp³-hybridized carbons (Fsp3) is 0.0769. The van der Waals surface area contributed by atoms with Gasteiger partial charge in [-0.2, -0.15) is 0 Å². The van der Waals surface area contributed by atoms with E-state index in [1.54, 1.807) is 12.3 Å². The van der Waals surface area contributed by atoms with Crippen molar-refractivity contribution in [2.24, 2.45) is 0 Å². The summed E-state index contributed by atoms with van der Waals surface area (Å²) in [6, 6.07) is 9.58. The SMILES string of the molecule is C=CCNC(=O)c1nccc2ccccc12. The minimum Gasteiger partial charge on any atom is -0.347 e. The third-order valence-electron chi connectivity index (χ3n) is 2.30. The number of pyridine rings is 1. The third kappa shape index (κ3) is 1.93. The van der Waals surface area contributed by atoms with E-state index in [1.165, 1.54) is 0 Å². The van der Waals surface area contributed by atoms with E-state index >= 15 is 0 Å². The largest absolute Gasteiger partial charge is 0.347 e. The molecule has 1 amide bonds. The van der Waals surface area contributed by atoms with Crippen LogP contribution in [-0.4, -0.2) is 17.4 Å². The number of hydrogen-bond acceptors (Lipinski definition) is 2. The lowest BCUT2D eigenvalue weighted by atomic mass is 10.1. The van der Waals surface area contributed by atoms with Crippen molar-refractivity contribution in [2.75, 3.05) is 6.54 Å². The maximum absolute atomic E-state index is 11.8. The van der Waals surface area contributed by atoms with Crippen LogP contribution in [0.4, 0.5) is 0 Å². The lowest BCUT2D eigenvalue weighted by molar-refractivity contribution is 0.0955. The first-order valence-corrected chi connectivity index (χ1v) is 5.06. The fourth-order valence-electron chi connectivity index (χ4n) is 1.55. The van der Waals surface area contributed by atoms with Crippen LogP contribution in [0.25, 0.3) is 10.8 Å². The highest BCUT2D eigenvalue weighted by Crippen LogP contribution is 2.15. The van der Waals surface area contributed by atoms with Crippen molar-refractivity contribution in [3.63, 3.8) is 0 Å². The van der Waals surface area contributed by atoms with Crippen molar-refractivity contribution in [3.05, 3.63) is 54.9 Å². The first kappa shape index (κ1) is 10.4. The zero-order valence-electron chi connectivity index (χ0n) is 8.81. The van der Waals surface area contributed by atoms with Crippen molar-refractivity contribution in [1.82, 2.24) is 10.3 Å². The molecule has 1 heterocycles. The molecule has 0 spiro atoms. The molecule has 1 aromatic carbocycles. The molecule has 0 aliphatic carbocycles. The number of aromatic nitrogens is 1. The smallest absolute Gasteiger partial charge is 0.270 e. The van der Waals surface area contributed by atoms with Crippen LogP contribution in [0.1, 0.15) is 10.5 Å². The Balaban J connectivity index is 2.44. The predicted molar refractivity (Wildman–Crippen MR) is 64.3 cm³/mol. The summed E-state index contributed by atoms with van der Waals surface area (Å²) in [5.41, 5.74) is 0.458. The van der Waals surface area contributed by atoms with Gasteiger partial charge in [-0.15, -0.1) is 6.58 Å². The number of hydrogen-bond donors (Lipinski definition) is 1. The van der Waals surface area contributed by atoms with Gasteiger partial charge in [0.2, 0.25) is 0 Å². The molecule has 3 nitrogen and oxygen atoms in total. The highest BCUT2D eigenvalue weighted by Gasteiger charge is 2.09. The summed E-state index contributed by atoms with van der Waals surface area (Å²) in [4.78, 5) is 15.9. The highest BCUT2D eigenvalue weighted by atomic mass is 16.1. The molecule has 0 fully saturated rings. The average molecular weight is 212 g/mol. The van der Waals surface area contributed by atoms with Gasteiger partial charge in [0.05, 0.1) is 0 Å². The lowest BCUT2D eigenvalue weighted by Gasteiger charge is -2.04. The van der Waals surface area contributed by atoms with Gasteiger partial charge in [-0.25, -0.2) is 0 Å². The molecule has 16 heavy (non-hydrogen) atoms. The quantitative estimate of drug-likeness (QED) is 0.792. The number of nitrogens with zero attached hydrogens (tertiary/aromatic N) is 1. The third-order valence-corrected chi connectivity index (χ3v) is 2.30. The fourth-order valence-corrected chi connectivity index (χ4v) is 1.55. The first-order chi connectivity index (χ1) is 7.83. The lowest BCUT2D eigenvalue weighted by Crippen LogP contribution is -2.24. The Kier molecular flexibility index (Phi) is 2.96. The molecule has 0 aliphatic rings. The van der Waals surface area contributed by atoms with E-state index in [1.807, 2.05) is 30.3 Å². The molecule has 0 unspecified atom stereocenters. The van der Waals surface area contributed by atoms with Gasteiger partial charge in [0.15, 0.2) is 0 Å². The van der Waals surface area contributed by atoms with Crippen LogP contribution in [0, 0.1) is 0 Å². The summed E-state index contributed by atoms with van der Waals surface area (Å²) >= 11 is 0. The Labute approximate surface area is 93.8 Å². The van der Waals surface area contributed by atoms with E-state index in [-0.39, 0.29) is 5.91 Å². The van der Waals surface area contributed by atoms with Gasteiger partial charge in [0, 0.05) is 18.1 Å². The van der Waals surface area contributed by atoms with Crippen LogP contribution in [0.15, 0.2) is 49.2 Å². The maximum atomic E-state index is 11.8. The second kappa shape index (κ2) is 4.57. The molecular weight excluding hydrogens is 200 g/mol. The number of rotatable bonds is 3. The van der Waals surface area contributed by atoms with Gasteiger partial charge in [0.25, 0.3) is 5.91 Å². The summed E-state index contributed by atoms with van der Waals surface area (Å²) in [6.07, 6.45) is 3.29. The number of carbonyl (C=O) groups excluding carboxylic acids is 1. The first-order valence-electron chi connectivity index (χ1n) is 5.06. The van der Waals surface area contributed by atoms with Gasteiger partial charge in [-0.3, -0.25) is 9.78 Å². The molecule has 1 aromatic heterocycles. The Bertz CT molecular complexity index is 529. The van der Waals surface area contributed by atoms with Gasteiger partial charge < -0.3 is 5.32 Å². The molecule has 0 saturated carbocycles. The van der Waals surface area contributed by atoms with E-state index in [0.717, 1.165) is 10.8 Å². The molecule has 3 heteroatoms. The molecule has 0 aliphatic heterocycles. The molecule has 0 atom stereocenters. The normalized spacial score (nSPS) is 10.0. The van der Waals surface area contributed by atoms with Crippen LogP contribution < -0.4 is 5.32 Å². The van der Waals surface area contributed by atoms with Gasteiger partial charge in [-0.05, 0) is 11.5 Å². The molecule has 1 N–H and O–H groups in total. The molecule has 80 valence electrons. The van der Waals surface area contributed by atoms with Crippen LogP contribution in [0.5, 0.6) is 0 Å². The summed E-state index contributed by atoms with van der Waals surface area (Å²) in [7, 11) is 0. The van der Waals surface area contributed by atoms with E-state index < -0.39 is 0 Å². The van der Waals surface area contributed by atoms with E-state index in [9.17, 15) is 4.79 Å². The zero-order valence-corrected chi connectivity index (χ0v) is 8.81. The number of fused-ring (bicyclic) bond motifs is 1. The van der Waals surface area contributed by atoms with Crippen molar-refractivity contribution < 1.29 is 4.79 Å². The van der Waals surface area contributed by atoms with Crippen molar-refractivity contribution >= 4 is 16.7 Å². The zero-order chi connectivity index (χ0) is 11.4. The van der Waals surface area contributed by atoms with Gasteiger partial charge in [-0.1, -0.05) is 30.3 Å². The molecule has 2 rings (SSSR count). The van der Waals surface area contributed by atoms with Crippen LogP contribution in [0.2, 0.25) is 0 Å². The Hall–Kier alpha value is -2.16. The van der Waals surface area contributed by atoms with Crippen molar-refractivity contribution in [2.45, 2.75) is 0 Å². The maximum Gasteiger partial charge on any atom is 0.270 e. The average Bonchev–Trinajstić information content (AvgIpc) is 2.35. The van der Waals surface area contributed by atoms with Crippen molar-refractivity contribution in [3.8, 4) is 0 Å². The number of amides is 1. The summed E-state index contributed by atoms with van der Waals surface area (Å²) in [5, 5.41) is 4.60. The summed E-state index contributed by atoms with van der Waals surface area (Å²) < 4.78 is 0. The monoisotopic (exact) mass is 212 g/mol. The molecular formula is C13H12N2O. The summed E-state index contributed by atoms with van der Waals surface area (Å²) in [6.45, 7) is 4.00. The van der Waals surface area contributed by atoms with Crippen LogP contribution >= 0.6 is 0 Å². The van der Waals surface area contributed by atoms with E-state index in [0.29, 0.717) is 12.2 Å². The number of carbonyl (C=O) groups is 1. The second-order valence-corrected chi connectivity index (χ2v) is 3.38. The predicted octanol–water partition coefficient (Wildman–Crippen LogP) is 2.15. The van der Waals surface area contributed by atoms with E-state index in [4.69, 9.17) is 0 Å². The number of benzene rings is 1. The Morgan fingerprint density at radius 2 is 2.19 bits per heavy atom. The molecule has 0 saturated heterocycles. The topological polar surface area (TPSA) is 42.0 Å². The highest BCUT2D eigenvalue weighted by molar-refractivity contribution is 6.05. The Morgan fingerprint density at radius 3 is 3.00 bits per heavy atom. The molecule has 0 bridgehead atoms. The minimum atomic E-state index is -0.170. The number of nitrogens with one attached hydrogen (secondary N) is 1. The molecule has 0 radical (unpaired) electrons.